The summed E-state index contributed by atoms with van der Waals surface area (Å²) in [5, 5.41) is 5.99. The molecule has 0 bridgehead atoms. The molecule has 0 fully saturated rings. The van der Waals surface area contributed by atoms with Gasteiger partial charge in [0.2, 0.25) is 5.91 Å². The lowest BCUT2D eigenvalue weighted by atomic mass is 10.00. The van der Waals surface area contributed by atoms with Gasteiger partial charge in [-0.3, -0.25) is 9.69 Å². The van der Waals surface area contributed by atoms with E-state index in [2.05, 4.69) is 33.8 Å². The highest BCUT2D eigenvalue weighted by molar-refractivity contribution is 7.10. The topological polar surface area (TPSA) is 58.4 Å². The molecule has 156 valence electrons. The molecule has 1 aliphatic heterocycles. The van der Waals surface area contributed by atoms with Gasteiger partial charge in [-0.05, 0) is 48.1 Å². The average molecular weight is 465 g/mol. The second-order valence-corrected chi connectivity index (χ2v) is 8.49. The zero-order chi connectivity index (χ0) is 18.7. The van der Waals surface area contributed by atoms with Crippen LogP contribution in [0.1, 0.15) is 35.9 Å². The number of hydrogen-bond donors (Lipinski definition) is 2. The normalized spacial score (nSPS) is 16.7. The lowest BCUT2D eigenvalue weighted by molar-refractivity contribution is -0.125. The van der Waals surface area contributed by atoms with Crippen LogP contribution < -0.4 is 11.1 Å². The monoisotopic (exact) mass is 463 g/mol. The third kappa shape index (κ3) is 6.09. The van der Waals surface area contributed by atoms with E-state index in [9.17, 15) is 4.79 Å². The summed E-state index contributed by atoms with van der Waals surface area (Å²) in [7, 11) is 0. The number of fused-ring (bicyclic) bond motifs is 1. The summed E-state index contributed by atoms with van der Waals surface area (Å²) in [5.74, 6) is -0.196. The molecule has 1 amide bonds. The van der Waals surface area contributed by atoms with E-state index in [1.54, 1.807) is 0 Å². The van der Waals surface area contributed by atoms with E-state index in [4.69, 9.17) is 17.3 Å². The predicted molar refractivity (Wildman–Crippen MR) is 123 cm³/mol. The summed E-state index contributed by atoms with van der Waals surface area (Å²) >= 11 is 7.90. The summed E-state index contributed by atoms with van der Waals surface area (Å²) in [5.41, 5.74) is 8.44. The molecule has 0 saturated heterocycles. The molecular formula is C20H28Cl3N3OS. The number of benzene rings is 1. The molecule has 3 unspecified atom stereocenters. The Bertz CT molecular complexity index is 751. The molecule has 28 heavy (non-hydrogen) atoms. The highest BCUT2D eigenvalue weighted by atomic mass is 35.5. The van der Waals surface area contributed by atoms with Crippen molar-refractivity contribution in [1.29, 1.82) is 0 Å². The van der Waals surface area contributed by atoms with Crippen LogP contribution in [0.2, 0.25) is 5.02 Å². The van der Waals surface area contributed by atoms with Crippen LogP contribution in [0.25, 0.3) is 0 Å². The molecule has 2 heterocycles. The molecular weight excluding hydrogens is 437 g/mol. The Morgan fingerprint density at radius 2 is 1.93 bits per heavy atom. The van der Waals surface area contributed by atoms with Gasteiger partial charge in [0.15, 0.2) is 0 Å². The van der Waals surface area contributed by atoms with E-state index in [0.717, 1.165) is 24.5 Å². The number of nitrogens with zero attached hydrogens (tertiary/aromatic N) is 1. The van der Waals surface area contributed by atoms with Gasteiger partial charge in [-0.25, -0.2) is 0 Å². The first kappa shape index (κ1) is 25.2. The van der Waals surface area contributed by atoms with Gasteiger partial charge in [-0.2, -0.15) is 0 Å². The van der Waals surface area contributed by atoms with Crippen molar-refractivity contribution in [3.05, 3.63) is 56.7 Å². The Morgan fingerprint density at radius 3 is 2.57 bits per heavy atom. The Kier molecular flexibility index (Phi) is 10.3. The minimum atomic E-state index is -0.203. The number of hydrogen-bond acceptors (Lipinski definition) is 4. The first-order valence-corrected chi connectivity index (χ1v) is 10.3. The second-order valence-electron chi connectivity index (χ2n) is 7.05. The minimum absolute atomic E-state index is 0. The van der Waals surface area contributed by atoms with E-state index in [0.29, 0.717) is 6.54 Å². The SMILES string of the molecule is CC(N)C(C)C(=O)NCC(c1ccc(Cl)cc1)N1CCc2sccc2C1.Cl.Cl. The molecule has 1 aromatic heterocycles. The highest BCUT2D eigenvalue weighted by Crippen LogP contribution is 2.30. The van der Waals surface area contributed by atoms with Crippen molar-refractivity contribution in [2.75, 3.05) is 13.1 Å². The average Bonchev–Trinajstić information content (AvgIpc) is 3.10. The molecule has 2 aromatic rings. The van der Waals surface area contributed by atoms with Crippen LogP contribution in [0.15, 0.2) is 35.7 Å². The molecule has 8 heteroatoms. The Balaban J connectivity index is 0.00000196. The Morgan fingerprint density at radius 1 is 1.25 bits per heavy atom. The zero-order valence-corrected chi connectivity index (χ0v) is 19.3. The Hall–Kier alpha value is -0.820. The van der Waals surface area contributed by atoms with Crippen molar-refractivity contribution in [3.63, 3.8) is 0 Å². The quantitative estimate of drug-likeness (QED) is 0.664. The molecule has 4 nitrogen and oxygen atoms in total. The van der Waals surface area contributed by atoms with Gasteiger partial charge in [-0.15, -0.1) is 36.2 Å². The number of carbonyl (C=O) groups excluding carboxylic acids is 1. The molecule has 0 aliphatic carbocycles. The first-order chi connectivity index (χ1) is 12.5. The van der Waals surface area contributed by atoms with Crippen LogP contribution in [0, 0.1) is 5.92 Å². The van der Waals surface area contributed by atoms with Crippen LogP contribution >= 0.6 is 47.8 Å². The number of halogens is 3. The smallest absolute Gasteiger partial charge is 0.224 e. The fraction of sp³-hybridized carbons (Fsp3) is 0.450. The summed E-state index contributed by atoms with van der Waals surface area (Å²) in [4.78, 5) is 16.3. The van der Waals surface area contributed by atoms with Crippen molar-refractivity contribution >= 4 is 53.7 Å². The van der Waals surface area contributed by atoms with Gasteiger partial charge in [0.25, 0.3) is 0 Å². The van der Waals surface area contributed by atoms with Gasteiger partial charge in [-0.1, -0.05) is 30.7 Å². The van der Waals surface area contributed by atoms with Crippen LogP contribution in [0.3, 0.4) is 0 Å². The third-order valence-corrected chi connectivity index (χ3v) is 6.48. The fourth-order valence-corrected chi connectivity index (χ4v) is 4.29. The number of nitrogens with two attached hydrogens (primary N) is 1. The van der Waals surface area contributed by atoms with E-state index in [1.807, 2.05) is 37.3 Å². The standard InChI is InChI=1S/C20H26ClN3OS.2ClH/c1-13(14(2)22)20(25)23-11-18(15-3-5-17(21)6-4-15)24-9-7-19-16(12-24)8-10-26-19;;/h3-6,8,10,13-14,18H,7,9,11-12,22H2,1-2H3,(H,23,25);2*1H. The van der Waals surface area contributed by atoms with Crippen LogP contribution in [-0.2, 0) is 17.8 Å². The Labute approximate surface area is 188 Å². The second kappa shape index (κ2) is 11.4. The number of thiophene rings is 1. The maximum Gasteiger partial charge on any atom is 0.224 e. The number of amides is 1. The van der Waals surface area contributed by atoms with E-state index in [1.165, 1.54) is 16.0 Å². The molecule has 1 aromatic carbocycles. The van der Waals surface area contributed by atoms with Gasteiger partial charge in [0.05, 0.1) is 6.04 Å². The van der Waals surface area contributed by atoms with Crippen molar-refractivity contribution < 1.29 is 4.79 Å². The van der Waals surface area contributed by atoms with Gasteiger partial charge >= 0.3 is 0 Å². The van der Waals surface area contributed by atoms with Crippen LogP contribution in [-0.4, -0.2) is 29.9 Å². The predicted octanol–water partition coefficient (Wildman–Crippen LogP) is 4.44. The summed E-state index contributed by atoms with van der Waals surface area (Å²) in [6, 6.07) is 10.1. The summed E-state index contributed by atoms with van der Waals surface area (Å²) < 4.78 is 0. The van der Waals surface area contributed by atoms with Crippen molar-refractivity contribution in [3.8, 4) is 0 Å². The molecule has 3 N–H and O–H groups in total. The number of nitrogens with one attached hydrogen (secondary N) is 1. The summed E-state index contributed by atoms with van der Waals surface area (Å²) in [6.45, 7) is 6.20. The van der Waals surface area contributed by atoms with Crippen LogP contribution in [0.4, 0.5) is 0 Å². The molecule has 0 saturated carbocycles. The van der Waals surface area contributed by atoms with Crippen molar-refractivity contribution in [2.24, 2.45) is 11.7 Å². The number of rotatable bonds is 6. The summed E-state index contributed by atoms with van der Waals surface area (Å²) in [6.07, 6.45) is 1.06. The minimum Gasteiger partial charge on any atom is -0.354 e. The fourth-order valence-electron chi connectivity index (χ4n) is 3.28. The van der Waals surface area contributed by atoms with E-state index < -0.39 is 0 Å². The van der Waals surface area contributed by atoms with E-state index >= 15 is 0 Å². The lowest BCUT2D eigenvalue weighted by Gasteiger charge is -2.35. The largest absolute Gasteiger partial charge is 0.354 e. The zero-order valence-electron chi connectivity index (χ0n) is 16.1. The van der Waals surface area contributed by atoms with Gasteiger partial charge < -0.3 is 11.1 Å². The highest BCUT2D eigenvalue weighted by Gasteiger charge is 2.27. The molecule has 3 atom stereocenters. The van der Waals surface area contributed by atoms with Crippen molar-refractivity contribution in [2.45, 2.75) is 38.9 Å². The van der Waals surface area contributed by atoms with Crippen molar-refractivity contribution in [1.82, 2.24) is 10.2 Å². The van der Waals surface area contributed by atoms with E-state index in [-0.39, 0.29) is 48.7 Å². The number of carbonyl (C=O) groups is 1. The maximum absolute atomic E-state index is 12.4. The first-order valence-electron chi connectivity index (χ1n) is 9.03. The lowest BCUT2D eigenvalue weighted by Crippen LogP contribution is -2.44. The van der Waals surface area contributed by atoms with Gasteiger partial charge in [0.1, 0.15) is 0 Å². The van der Waals surface area contributed by atoms with Crippen LogP contribution in [0.5, 0.6) is 0 Å². The maximum atomic E-state index is 12.4. The third-order valence-electron chi connectivity index (χ3n) is 5.20. The van der Waals surface area contributed by atoms with Gasteiger partial charge in [0, 0.05) is 41.5 Å². The molecule has 0 spiro atoms. The molecule has 0 radical (unpaired) electrons. The molecule has 1 aliphatic rings. The molecule has 3 rings (SSSR count).